The van der Waals surface area contributed by atoms with Crippen molar-refractivity contribution < 1.29 is 10.2 Å². The van der Waals surface area contributed by atoms with Gasteiger partial charge in [0, 0.05) is 18.0 Å². The fraction of sp³-hybridized carbons (Fsp3) is 0.474. The van der Waals surface area contributed by atoms with Crippen molar-refractivity contribution in [3.63, 3.8) is 0 Å². The lowest BCUT2D eigenvalue weighted by molar-refractivity contribution is 0.0869. The van der Waals surface area contributed by atoms with Gasteiger partial charge in [-0.05, 0) is 69.0 Å². The maximum atomic E-state index is 10.7. The highest BCUT2D eigenvalue weighted by Crippen LogP contribution is 2.34. The summed E-state index contributed by atoms with van der Waals surface area (Å²) >= 11 is 0. The van der Waals surface area contributed by atoms with E-state index in [1.165, 1.54) is 0 Å². The predicted octanol–water partition coefficient (Wildman–Crippen LogP) is 2.81. The molecule has 0 radical (unpaired) electrons. The van der Waals surface area contributed by atoms with Gasteiger partial charge in [0.25, 0.3) is 0 Å². The summed E-state index contributed by atoms with van der Waals surface area (Å²) in [4.78, 5) is 0. The highest BCUT2D eigenvalue weighted by Gasteiger charge is 2.27. The molecule has 5 nitrogen and oxygen atoms in total. The standard InChI is InChI=1S/C19H25N3O2/c1-11-6-7-15(16(23)9-11)17-12(2)13(3)18(22-21-17)19(24)14-5-4-8-20-10-14/h6-7,9,14,19-20,23-24H,4-5,8,10H2,1-3H3. The van der Waals surface area contributed by atoms with E-state index in [2.05, 4.69) is 15.5 Å². The fourth-order valence-corrected chi connectivity index (χ4v) is 3.37. The van der Waals surface area contributed by atoms with Gasteiger partial charge in [-0.15, -0.1) is 5.10 Å². The molecule has 2 aromatic rings. The molecule has 3 rings (SSSR count). The Morgan fingerprint density at radius 3 is 2.62 bits per heavy atom. The summed E-state index contributed by atoms with van der Waals surface area (Å²) in [5.74, 6) is 0.376. The first kappa shape index (κ1) is 16.9. The molecule has 2 atom stereocenters. The number of aliphatic hydroxyl groups excluding tert-OH is 1. The summed E-state index contributed by atoms with van der Waals surface area (Å²) in [5.41, 5.74) is 4.88. The molecule has 5 heteroatoms. The van der Waals surface area contributed by atoms with Crippen molar-refractivity contribution in [1.29, 1.82) is 0 Å². The third-order valence-corrected chi connectivity index (χ3v) is 5.03. The van der Waals surface area contributed by atoms with Crippen LogP contribution in [0.5, 0.6) is 5.75 Å². The molecule has 0 bridgehead atoms. The molecule has 1 saturated heterocycles. The molecule has 1 aliphatic rings. The Kier molecular flexibility index (Phi) is 4.83. The zero-order valence-electron chi connectivity index (χ0n) is 14.5. The van der Waals surface area contributed by atoms with Gasteiger partial charge in [0.2, 0.25) is 0 Å². The molecule has 0 spiro atoms. The minimum Gasteiger partial charge on any atom is -0.507 e. The summed E-state index contributed by atoms with van der Waals surface area (Å²) in [7, 11) is 0. The molecule has 2 unspecified atom stereocenters. The van der Waals surface area contributed by atoms with Crippen LogP contribution in [0.1, 0.15) is 41.3 Å². The summed E-state index contributed by atoms with van der Waals surface area (Å²) in [6, 6.07) is 5.53. The Hall–Kier alpha value is -1.98. The highest BCUT2D eigenvalue weighted by atomic mass is 16.3. The third kappa shape index (κ3) is 3.14. The Morgan fingerprint density at radius 2 is 1.96 bits per heavy atom. The van der Waals surface area contributed by atoms with Crippen molar-refractivity contribution in [3.8, 4) is 17.0 Å². The van der Waals surface area contributed by atoms with Gasteiger partial charge in [-0.3, -0.25) is 0 Å². The Balaban J connectivity index is 1.96. The minimum atomic E-state index is -0.607. The van der Waals surface area contributed by atoms with Crippen LogP contribution in [0, 0.1) is 26.7 Å². The monoisotopic (exact) mass is 327 g/mol. The summed E-state index contributed by atoms with van der Waals surface area (Å²) in [5, 5.41) is 32.9. The van der Waals surface area contributed by atoms with Crippen LogP contribution in [0.4, 0.5) is 0 Å². The number of benzene rings is 1. The predicted molar refractivity (Wildman–Crippen MR) is 93.9 cm³/mol. The first-order chi connectivity index (χ1) is 11.5. The number of rotatable bonds is 3. The van der Waals surface area contributed by atoms with E-state index in [-0.39, 0.29) is 11.7 Å². The van der Waals surface area contributed by atoms with Crippen LogP contribution in [-0.4, -0.2) is 33.5 Å². The van der Waals surface area contributed by atoms with Gasteiger partial charge >= 0.3 is 0 Å². The number of nitrogens with zero attached hydrogens (tertiary/aromatic N) is 2. The highest BCUT2D eigenvalue weighted by molar-refractivity contribution is 5.70. The van der Waals surface area contributed by atoms with Gasteiger partial charge in [0.1, 0.15) is 11.9 Å². The average molecular weight is 327 g/mol. The Bertz CT molecular complexity index is 740. The lowest BCUT2D eigenvalue weighted by Crippen LogP contribution is -2.34. The smallest absolute Gasteiger partial charge is 0.125 e. The SMILES string of the molecule is Cc1ccc(-c2nnc(C(O)C3CCCNC3)c(C)c2C)c(O)c1. The molecule has 2 heterocycles. The number of phenols is 1. The van der Waals surface area contributed by atoms with Crippen molar-refractivity contribution in [3.05, 3.63) is 40.6 Å². The third-order valence-electron chi connectivity index (χ3n) is 5.03. The van der Waals surface area contributed by atoms with E-state index in [1.807, 2.05) is 32.9 Å². The molecule has 1 aliphatic heterocycles. The van der Waals surface area contributed by atoms with Gasteiger partial charge < -0.3 is 15.5 Å². The van der Waals surface area contributed by atoms with Crippen LogP contribution in [-0.2, 0) is 0 Å². The number of hydrogen-bond acceptors (Lipinski definition) is 5. The van der Waals surface area contributed by atoms with Gasteiger partial charge in [-0.2, -0.15) is 5.10 Å². The maximum absolute atomic E-state index is 10.7. The van der Waals surface area contributed by atoms with E-state index in [0.29, 0.717) is 17.0 Å². The zero-order chi connectivity index (χ0) is 17.3. The van der Waals surface area contributed by atoms with E-state index >= 15 is 0 Å². The van der Waals surface area contributed by atoms with Gasteiger partial charge in [0.15, 0.2) is 0 Å². The van der Waals surface area contributed by atoms with E-state index < -0.39 is 6.10 Å². The lowest BCUT2D eigenvalue weighted by Gasteiger charge is -2.28. The molecule has 0 aliphatic carbocycles. The molecule has 1 aromatic carbocycles. The first-order valence-electron chi connectivity index (χ1n) is 8.51. The molecule has 24 heavy (non-hydrogen) atoms. The Labute approximate surface area is 142 Å². The van der Waals surface area contributed by atoms with Crippen LogP contribution in [0.25, 0.3) is 11.3 Å². The van der Waals surface area contributed by atoms with E-state index in [1.54, 1.807) is 6.07 Å². The molecule has 1 aromatic heterocycles. The van der Waals surface area contributed by atoms with Crippen LogP contribution in [0.2, 0.25) is 0 Å². The second-order valence-corrected chi connectivity index (χ2v) is 6.76. The number of hydrogen-bond donors (Lipinski definition) is 3. The van der Waals surface area contributed by atoms with Crippen molar-refractivity contribution >= 4 is 0 Å². The zero-order valence-corrected chi connectivity index (χ0v) is 14.5. The normalized spacial score (nSPS) is 19.2. The maximum Gasteiger partial charge on any atom is 0.125 e. The first-order valence-corrected chi connectivity index (χ1v) is 8.51. The van der Waals surface area contributed by atoms with Crippen molar-refractivity contribution in [2.24, 2.45) is 5.92 Å². The second kappa shape index (κ2) is 6.87. The largest absolute Gasteiger partial charge is 0.507 e. The minimum absolute atomic E-state index is 0.171. The summed E-state index contributed by atoms with van der Waals surface area (Å²) < 4.78 is 0. The quantitative estimate of drug-likeness (QED) is 0.808. The van der Waals surface area contributed by atoms with Crippen LogP contribution in [0.15, 0.2) is 18.2 Å². The lowest BCUT2D eigenvalue weighted by atomic mass is 9.89. The Morgan fingerprint density at radius 1 is 1.17 bits per heavy atom. The number of aromatic nitrogens is 2. The van der Waals surface area contributed by atoms with E-state index in [0.717, 1.165) is 42.6 Å². The number of nitrogens with one attached hydrogen (secondary N) is 1. The molecule has 128 valence electrons. The molecule has 0 saturated carbocycles. The van der Waals surface area contributed by atoms with Gasteiger partial charge in [-0.25, -0.2) is 0 Å². The molecule has 1 fully saturated rings. The number of aliphatic hydroxyl groups is 1. The average Bonchev–Trinajstić information content (AvgIpc) is 2.58. The molecule has 3 N–H and O–H groups in total. The summed E-state index contributed by atoms with van der Waals surface area (Å²) in [6.07, 6.45) is 1.46. The molecular weight excluding hydrogens is 302 g/mol. The van der Waals surface area contributed by atoms with Gasteiger partial charge in [-0.1, -0.05) is 6.07 Å². The van der Waals surface area contributed by atoms with Crippen LogP contribution >= 0.6 is 0 Å². The van der Waals surface area contributed by atoms with Crippen molar-refractivity contribution in [2.45, 2.75) is 39.7 Å². The van der Waals surface area contributed by atoms with Crippen molar-refractivity contribution in [1.82, 2.24) is 15.5 Å². The van der Waals surface area contributed by atoms with E-state index in [9.17, 15) is 10.2 Å². The van der Waals surface area contributed by atoms with E-state index in [4.69, 9.17) is 0 Å². The van der Waals surface area contributed by atoms with Crippen molar-refractivity contribution in [2.75, 3.05) is 13.1 Å². The topological polar surface area (TPSA) is 78.3 Å². The van der Waals surface area contributed by atoms with Crippen LogP contribution < -0.4 is 5.32 Å². The van der Waals surface area contributed by atoms with Gasteiger partial charge in [0.05, 0.1) is 11.4 Å². The summed E-state index contributed by atoms with van der Waals surface area (Å²) in [6.45, 7) is 7.69. The number of phenolic OH excluding ortho intramolecular Hbond substituents is 1. The molecular formula is C19H25N3O2. The molecule has 0 amide bonds. The number of piperidine rings is 1. The second-order valence-electron chi connectivity index (χ2n) is 6.76. The fourth-order valence-electron chi connectivity index (χ4n) is 3.37. The number of aromatic hydroxyl groups is 1. The number of aryl methyl sites for hydroxylation is 1. The van der Waals surface area contributed by atoms with Crippen LogP contribution in [0.3, 0.4) is 0 Å².